The van der Waals surface area contributed by atoms with Crippen molar-refractivity contribution >= 4 is 5.69 Å². The molecule has 4 aliphatic rings. The van der Waals surface area contributed by atoms with E-state index in [0.29, 0.717) is 23.3 Å². The fraction of sp³-hybridized carbons (Fsp3) is 0.478. The number of halogens is 1. The molecule has 0 aliphatic heterocycles. The molecule has 0 unspecified atom stereocenters. The van der Waals surface area contributed by atoms with Gasteiger partial charge in [0.2, 0.25) is 0 Å². The van der Waals surface area contributed by atoms with Crippen molar-refractivity contribution in [3.8, 4) is 5.75 Å². The summed E-state index contributed by atoms with van der Waals surface area (Å²) in [5.74, 6) is 1.39. The molecule has 0 atom stereocenters. The first kappa shape index (κ1) is 17.7. The van der Waals surface area contributed by atoms with Crippen molar-refractivity contribution in [1.29, 1.82) is 0 Å². The lowest BCUT2D eigenvalue weighted by atomic mass is 9.48. The minimum Gasteiger partial charge on any atom is -0.486 e. The van der Waals surface area contributed by atoms with E-state index in [1.54, 1.807) is 0 Å². The van der Waals surface area contributed by atoms with E-state index in [1.165, 1.54) is 31.4 Å². The van der Waals surface area contributed by atoms with Crippen LogP contribution < -0.4 is 4.74 Å². The molecule has 2 aromatic carbocycles. The molecule has 146 valence electrons. The van der Waals surface area contributed by atoms with Gasteiger partial charge in [0.15, 0.2) is 11.6 Å². The van der Waals surface area contributed by atoms with Gasteiger partial charge in [-0.25, -0.2) is 4.39 Å². The number of ether oxygens (including phenoxy) is 1. The highest BCUT2D eigenvalue weighted by molar-refractivity contribution is 5.51. The third-order valence-electron chi connectivity index (χ3n) is 7.09. The first-order valence-corrected chi connectivity index (χ1v) is 10.2. The molecule has 0 amide bonds. The van der Waals surface area contributed by atoms with Crippen LogP contribution in [0.3, 0.4) is 0 Å². The van der Waals surface area contributed by atoms with E-state index in [1.807, 2.05) is 30.3 Å². The molecular weight excluding hydrogens is 357 g/mol. The molecule has 0 N–H and O–H groups in total. The van der Waals surface area contributed by atoms with E-state index in [4.69, 9.17) is 4.74 Å². The molecule has 6 rings (SSSR count). The van der Waals surface area contributed by atoms with Crippen molar-refractivity contribution in [3.05, 3.63) is 69.5 Å². The Morgan fingerprint density at radius 3 is 2.21 bits per heavy atom. The monoisotopic (exact) mass is 381 g/mol. The summed E-state index contributed by atoms with van der Waals surface area (Å²) in [4.78, 5) is 11.5. The Kier molecular flexibility index (Phi) is 4.14. The smallest absolute Gasteiger partial charge is 0.277 e. The number of rotatable bonds is 5. The average Bonchev–Trinajstić information content (AvgIpc) is 2.66. The zero-order valence-electron chi connectivity index (χ0n) is 15.8. The third kappa shape index (κ3) is 2.97. The molecule has 4 fully saturated rings. The lowest BCUT2D eigenvalue weighted by Crippen LogP contribution is -2.48. The number of benzene rings is 2. The van der Waals surface area contributed by atoms with Gasteiger partial charge in [0, 0.05) is 11.0 Å². The Morgan fingerprint density at radius 2 is 1.64 bits per heavy atom. The van der Waals surface area contributed by atoms with Crippen LogP contribution in [0.1, 0.15) is 49.7 Å². The fourth-order valence-corrected chi connectivity index (χ4v) is 6.40. The second kappa shape index (κ2) is 6.57. The van der Waals surface area contributed by atoms with Gasteiger partial charge in [0.1, 0.15) is 6.61 Å². The van der Waals surface area contributed by atoms with Gasteiger partial charge in [-0.3, -0.25) is 10.1 Å². The highest BCUT2D eigenvalue weighted by Gasteiger charge is 2.53. The van der Waals surface area contributed by atoms with Gasteiger partial charge in [-0.1, -0.05) is 30.3 Å². The summed E-state index contributed by atoms with van der Waals surface area (Å²) in [6.07, 6.45) is 6.62. The van der Waals surface area contributed by atoms with Crippen LogP contribution in [0, 0.1) is 33.7 Å². The largest absolute Gasteiger partial charge is 0.486 e. The van der Waals surface area contributed by atoms with Gasteiger partial charge in [-0.05, 0) is 67.9 Å². The van der Waals surface area contributed by atoms with Gasteiger partial charge < -0.3 is 4.74 Å². The molecule has 0 heterocycles. The predicted octanol–water partition coefficient (Wildman–Crippen LogP) is 5.78. The Labute approximate surface area is 163 Å². The van der Waals surface area contributed by atoms with E-state index in [-0.39, 0.29) is 28.4 Å². The van der Waals surface area contributed by atoms with Crippen LogP contribution in [0.25, 0.3) is 0 Å². The molecule has 0 aromatic heterocycles. The SMILES string of the molecule is O=[N+]([O-])c1cc(OCc2ccccc2)c(F)cc1C12CC3CC(CC(C3)C1)C2. The molecule has 5 heteroatoms. The third-order valence-corrected chi connectivity index (χ3v) is 7.09. The second-order valence-electron chi connectivity index (χ2n) is 9.03. The average molecular weight is 381 g/mol. The molecule has 28 heavy (non-hydrogen) atoms. The molecule has 4 bridgehead atoms. The maximum atomic E-state index is 14.9. The summed E-state index contributed by atoms with van der Waals surface area (Å²) in [6, 6.07) is 12.2. The first-order valence-electron chi connectivity index (χ1n) is 10.2. The number of hydrogen-bond donors (Lipinski definition) is 0. The Balaban J connectivity index is 1.49. The molecule has 0 radical (unpaired) electrons. The van der Waals surface area contributed by atoms with Crippen molar-refractivity contribution < 1.29 is 14.1 Å². The van der Waals surface area contributed by atoms with E-state index in [0.717, 1.165) is 24.8 Å². The van der Waals surface area contributed by atoms with E-state index < -0.39 is 5.82 Å². The van der Waals surface area contributed by atoms with Crippen LogP contribution in [0.4, 0.5) is 10.1 Å². The standard InChI is InChI=1S/C23H24FNO3/c24-20-9-19(23-11-16-6-17(12-23)8-18(7-16)13-23)21(25(26)27)10-22(20)28-14-15-4-2-1-3-5-15/h1-5,9-10,16-18H,6-8,11-14H2. The molecule has 4 saturated carbocycles. The number of hydrogen-bond acceptors (Lipinski definition) is 3. The molecule has 4 aliphatic carbocycles. The lowest BCUT2D eigenvalue weighted by molar-refractivity contribution is -0.386. The minimum atomic E-state index is -0.493. The lowest BCUT2D eigenvalue weighted by Gasteiger charge is -2.56. The molecule has 0 saturated heterocycles. The molecule has 4 nitrogen and oxygen atoms in total. The summed E-state index contributed by atoms with van der Waals surface area (Å²) < 4.78 is 20.5. The predicted molar refractivity (Wildman–Crippen MR) is 104 cm³/mol. The highest BCUT2D eigenvalue weighted by Crippen LogP contribution is 2.62. The van der Waals surface area contributed by atoms with E-state index >= 15 is 0 Å². The van der Waals surface area contributed by atoms with Crippen molar-refractivity contribution in [3.63, 3.8) is 0 Å². The Morgan fingerprint density at radius 1 is 1.04 bits per heavy atom. The van der Waals surface area contributed by atoms with Crippen LogP contribution in [0.2, 0.25) is 0 Å². The minimum absolute atomic E-state index is 0.0198. The van der Waals surface area contributed by atoms with Crippen LogP contribution in [-0.2, 0) is 12.0 Å². The number of nitrogens with zero attached hydrogens (tertiary/aromatic N) is 1. The van der Waals surface area contributed by atoms with Crippen LogP contribution >= 0.6 is 0 Å². The van der Waals surface area contributed by atoms with Crippen LogP contribution in [0.5, 0.6) is 5.75 Å². The number of nitro groups is 1. The summed E-state index contributed by atoms with van der Waals surface area (Å²) in [5.41, 5.74) is 1.29. The number of nitro benzene ring substituents is 1. The molecule has 0 spiro atoms. The van der Waals surface area contributed by atoms with Gasteiger partial charge >= 0.3 is 0 Å². The van der Waals surface area contributed by atoms with Crippen molar-refractivity contribution in [1.82, 2.24) is 0 Å². The Hall–Kier alpha value is -2.43. The first-order chi connectivity index (χ1) is 13.5. The summed E-state index contributed by atoms with van der Waals surface area (Å²) in [6.45, 7) is 0.186. The van der Waals surface area contributed by atoms with Gasteiger partial charge in [0.25, 0.3) is 5.69 Å². The van der Waals surface area contributed by atoms with Crippen molar-refractivity contribution in [2.24, 2.45) is 17.8 Å². The van der Waals surface area contributed by atoms with Crippen molar-refractivity contribution in [2.45, 2.75) is 50.5 Å². The summed E-state index contributed by atoms with van der Waals surface area (Å²) in [7, 11) is 0. The fourth-order valence-electron chi connectivity index (χ4n) is 6.40. The zero-order valence-corrected chi connectivity index (χ0v) is 15.8. The Bertz CT molecular complexity index is 876. The van der Waals surface area contributed by atoms with Gasteiger partial charge in [0.05, 0.1) is 11.0 Å². The quantitative estimate of drug-likeness (QED) is 0.487. The second-order valence-corrected chi connectivity index (χ2v) is 9.03. The van der Waals surface area contributed by atoms with Crippen LogP contribution in [-0.4, -0.2) is 4.92 Å². The highest BCUT2D eigenvalue weighted by atomic mass is 19.1. The van der Waals surface area contributed by atoms with Crippen molar-refractivity contribution in [2.75, 3.05) is 0 Å². The maximum Gasteiger partial charge on any atom is 0.277 e. The normalized spacial score (nSPS) is 30.4. The van der Waals surface area contributed by atoms with Crippen LogP contribution in [0.15, 0.2) is 42.5 Å². The van der Waals surface area contributed by atoms with E-state index in [2.05, 4.69) is 0 Å². The molecule has 2 aromatic rings. The van der Waals surface area contributed by atoms with E-state index in [9.17, 15) is 14.5 Å². The summed E-state index contributed by atoms with van der Waals surface area (Å²) in [5, 5.41) is 11.9. The van der Waals surface area contributed by atoms with Gasteiger partial charge in [-0.2, -0.15) is 0 Å². The summed E-state index contributed by atoms with van der Waals surface area (Å²) >= 11 is 0. The topological polar surface area (TPSA) is 52.4 Å². The maximum absolute atomic E-state index is 14.9. The van der Waals surface area contributed by atoms with Gasteiger partial charge in [-0.15, -0.1) is 0 Å². The molecular formula is C23H24FNO3. The zero-order chi connectivity index (χ0) is 19.3.